The Labute approximate surface area is 134 Å². The fraction of sp³-hybridized carbons (Fsp3) is 0.364. The lowest BCUT2D eigenvalue weighted by Crippen LogP contribution is -2.04. The lowest BCUT2D eigenvalue weighted by Gasteiger charge is -2.22. The third-order valence-corrected chi connectivity index (χ3v) is 4.72. The standard InChI is InChI=1S/C22H24/c1-17-8-10-19(11-9-17)12-13-20-14-15-22(16-18(20)2)21-6-4-3-5-7-21/h8-11,14-16,21H,3-7H2,1-2H3. The average Bonchev–Trinajstić information content (AvgIpc) is 2.56. The molecule has 0 aromatic heterocycles. The molecule has 0 nitrogen and oxygen atoms in total. The minimum absolute atomic E-state index is 0.770. The normalized spacial score (nSPS) is 15.2. The summed E-state index contributed by atoms with van der Waals surface area (Å²) in [7, 11) is 0. The molecule has 3 rings (SSSR count). The minimum Gasteiger partial charge on any atom is -0.0616 e. The van der Waals surface area contributed by atoms with Crippen LogP contribution < -0.4 is 0 Å². The zero-order valence-corrected chi connectivity index (χ0v) is 13.7. The average molecular weight is 288 g/mol. The van der Waals surface area contributed by atoms with Gasteiger partial charge < -0.3 is 0 Å². The van der Waals surface area contributed by atoms with E-state index < -0.39 is 0 Å². The molecule has 0 N–H and O–H groups in total. The second kappa shape index (κ2) is 6.84. The first-order valence-corrected chi connectivity index (χ1v) is 8.41. The molecule has 0 heteroatoms. The van der Waals surface area contributed by atoms with Crippen LogP contribution in [0, 0.1) is 25.7 Å². The van der Waals surface area contributed by atoms with E-state index in [0.29, 0.717) is 0 Å². The number of hydrogen-bond acceptors (Lipinski definition) is 0. The van der Waals surface area contributed by atoms with Crippen molar-refractivity contribution in [3.63, 3.8) is 0 Å². The summed E-state index contributed by atoms with van der Waals surface area (Å²) in [6, 6.07) is 15.3. The summed E-state index contributed by atoms with van der Waals surface area (Å²) in [5.41, 5.74) is 6.33. The molecule has 1 aliphatic rings. The molecule has 0 amide bonds. The number of hydrogen-bond donors (Lipinski definition) is 0. The van der Waals surface area contributed by atoms with Crippen molar-refractivity contribution in [1.82, 2.24) is 0 Å². The molecular formula is C22H24. The van der Waals surface area contributed by atoms with Crippen molar-refractivity contribution < 1.29 is 0 Å². The van der Waals surface area contributed by atoms with E-state index in [1.807, 2.05) is 0 Å². The number of aryl methyl sites for hydroxylation is 2. The van der Waals surface area contributed by atoms with Gasteiger partial charge in [-0.1, -0.05) is 60.9 Å². The van der Waals surface area contributed by atoms with E-state index >= 15 is 0 Å². The number of rotatable bonds is 1. The Kier molecular flexibility index (Phi) is 4.64. The monoisotopic (exact) mass is 288 g/mol. The van der Waals surface area contributed by atoms with E-state index in [1.54, 1.807) is 0 Å². The van der Waals surface area contributed by atoms with Crippen molar-refractivity contribution in [1.29, 1.82) is 0 Å². The van der Waals surface area contributed by atoms with Crippen molar-refractivity contribution in [2.75, 3.05) is 0 Å². The van der Waals surface area contributed by atoms with Gasteiger partial charge >= 0.3 is 0 Å². The maximum absolute atomic E-state index is 3.33. The summed E-state index contributed by atoms with van der Waals surface area (Å²) < 4.78 is 0. The predicted octanol–water partition coefficient (Wildman–Crippen LogP) is 5.75. The van der Waals surface area contributed by atoms with E-state index in [2.05, 4.69) is 68.2 Å². The van der Waals surface area contributed by atoms with Crippen molar-refractivity contribution in [2.24, 2.45) is 0 Å². The molecule has 1 aliphatic carbocycles. The maximum Gasteiger partial charge on any atom is 0.0278 e. The summed E-state index contributed by atoms with van der Waals surface area (Å²) in [6.07, 6.45) is 6.90. The van der Waals surface area contributed by atoms with Gasteiger partial charge in [0.2, 0.25) is 0 Å². The first-order valence-electron chi connectivity index (χ1n) is 8.41. The molecule has 0 radical (unpaired) electrons. The van der Waals surface area contributed by atoms with Gasteiger partial charge in [-0.3, -0.25) is 0 Å². The molecule has 1 fully saturated rings. The molecule has 112 valence electrons. The van der Waals surface area contributed by atoms with E-state index in [1.165, 1.54) is 48.8 Å². The van der Waals surface area contributed by atoms with E-state index in [0.717, 1.165) is 17.0 Å². The lowest BCUT2D eigenvalue weighted by molar-refractivity contribution is 0.443. The Morgan fingerprint density at radius 2 is 1.55 bits per heavy atom. The lowest BCUT2D eigenvalue weighted by atomic mass is 9.83. The van der Waals surface area contributed by atoms with Crippen LogP contribution in [0.15, 0.2) is 42.5 Å². The summed E-state index contributed by atoms with van der Waals surface area (Å²) in [5, 5.41) is 0. The van der Waals surface area contributed by atoms with Gasteiger partial charge in [0.15, 0.2) is 0 Å². The molecule has 2 aromatic carbocycles. The third-order valence-electron chi connectivity index (χ3n) is 4.72. The fourth-order valence-corrected chi connectivity index (χ4v) is 3.29. The molecule has 2 aromatic rings. The summed E-state index contributed by atoms with van der Waals surface area (Å²) >= 11 is 0. The van der Waals surface area contributed by atoms with E-state index in [-0.39, 0.29) is 0 Å². The van der Waals surface area contributed by atoms with Gasteiger partial charge in [0.05, 0.1) is 0 Å². The molecule has 22 heavy (non-hydrogen) atoms. The maximum atomic E-state index is 3.33. The third kappa shape index (κ3) is 3.60. The minimum atomic E-state index is 0.770. The highest BCUT2D eigenvalue weighted by atomic mass is 14.2. The van der Waals surface area contributed by atoms with Crippen molar-refractivity contribution in [2.45, 2.75) is 51.9 Å². The molecule has 0 saturated heterocycles. The molecule has 0 bridgehead atoms. The quantitative estimate of drug-likeness (QED) is 0.586. The van der Waals surface area contributed by atoms with Crippen LogP contribution in [0.5, 0.6) is 0 Å². The van der Waals surface area contributed by atoms with E-state index in [9.17, 15) is 0 Å². The zero-order chi connectivity index (χ0) is 15.4. The second-order valence-corrected chi connectivity index (χ2v) is 6.53. The molecule has 0 atom stereocenters. The van der Waals surface area contributed by atoms with Crippen LogP contribution in [0.1, 0.15) is 65.8 Å². The topological polar surface area (TPSA) is 0 Å². The van der Waals surface area contributed by atoms with Gasteiger partial charge in [0.25, 0.3) is 0 Å². The zero-order valence-electron chi connectivity index (χ0n) is 13.7. The Hall–Kier alpha value is -2.00. The number of benzene rings is 2. The molecule has 1 saturated carbocycles. The Morgan fingerprint density at radius 3 is 2.23 bits per heavy atom. The molecular weight excluding hydrogens is 264 g/mol. The van der Waals surface area contributed by atoms with Crippen LogP contribution >= 0.6 is 0 Å². The fourth-order valence-electron chi connectivity index (χ4n) is 3.29. The second-order valence-electron chi connectivity index (χ2n) is 6.53. The molecule has 0 spiro atoms. The summed E-state index contributed by atoms with van der Waals surface area (Å²) in [5.74, 6) is 7.38. The molecule has 0 aliphatic heterocycles. The Bertz CT molecular complexity index is 689. The predicted molar refractivity (Wildman–Crippen MR) is 94.2 cm³/mol. The van der Waals surface area contributed by atoms with Crippen LogP contribution in [-0.4, -0.2) is 0 Å². The highest BCUT2D eigenvalue weighted by molar-refractivity contribution is 5.48. The SMILES string of the molecule is Cc1ccc(C#Cc2ccc(C3CCCCC3)cc2C)cc1. The van der Waals surface area contributed by atoms with Crippen LogP contribution in [0.4, 0.5) is 0 Å². The van der Waals surface area contributed by atoms with Crippen LogP contribution in [0.3, 0.4) is 0 Å². The first-order chi connectivity index (χ1) is 10.7. The summed E-state index contributed by atoms with van der Waals surface area (Å²) in [6.45, 7) is 4.29. The van der Waals surface area contributed by atoms with Gasteiger partial charge in [-0.25, -0.2) is 0 Å². The van der Waals surface area contributed by atoms with Crippen molar-refractivity contribution in [3.05, 3.63) is 70.3 Å². The van der Waals surface area contributed by atoms with Crippen LogP contribution in [0.25, 0.3) is 0 Å². The van der Waals surface area contributed by atoms with Gasteiger partial charge in [-0.05, 0) is 61.9 Å². The van der Waals surface area contributed by atoms with Crippen LogP contribution in [0.2, 0.25) is 0 Å². The van der Waals surface area contributed by atoms with E-state index in [4.69, 9.17) is 0 Å². The highest BCUT2D eigenvalue weighted by Gasteiger charge is 2.15. The smallest absolute Gasteiger partial charge is 0.0278 e. The molecule has 0 heterocycles. The van der Waals surface area contributed by atoms with Gasteiger partial charge in [-0.15, -0.1) is 0 Å². The largest absolute Gasteiger partial charge is 0.0616 e. The Balaban J connectivity index is 1.79. The highest BCUT2D eigenvalue weighted by Crippen LogP contribution is 2.33. The van der Waals surface area contributed by atoms with Gasteiger partial charge in [0.1, 0.15) is 0 Å². The van der Waals surface area contributed by atoms with Crippen molar-refractivity contribution >= 4 is 0 Å². The Morgan fingerprint density at radius 1 is 0.818 bits per heavy atom. The first kappa shape index (κ1) is 14.9. The molecule has 0 unspecified atom stereocenters. The van der Waals surface area contributed by atoms with Crippen molar-refractivity contribution in [3.8, 4) is 11.8 Å². The van der Waals surface area contributed by atoms with Gasteiger partial charge in [-0.2, -0.15) is 0 Å². The summed E-state index contributed by atoms with van der Waals surface area (Å²) in [4.78, 5) is 0. The van der Waals surface area contributed by atoms with Gasteiger partial charge in [0, 0.05) is 11.1 Å². The van der Waals surface area contributed by atoms with Crippen LogP contribution in [-0.2, 0) is 0 Å².